The highest BCUT2D eigenvalue weighted by Gasteiger charge is 2.16. The van der Waals surface area contributed by atoms with Gasteiger partial charge in [0.2, 0.25) is 0 Å². The summed E-state index contributed by atoms with van der Waals surface area (Å²) < 4.78 is 5.62. The third-order valence-electron chi connectivity index (χ3n) is 3.49. The number of nitrogens with zero attached hydrogens (tertiary/aromatic N) is 1. The van der Waals surface area contributed by atoms with Crippen molar-refractivity contribution in [1.82, 2.24) is 10.3 Å². The molecule has 1 fully saturated rings. The molecule has 1 aromatic carbocycles. The van der Waals surface area contributed by atoms with Crippen molar-refractivity contribution < 1.29 is 9.53 Å². The first-order valence-electron chi connectivity index (χ1n) is 7.00. The van der Waals surface area contributed by atoms with Crippen molar-refractivity contribution in [3.63, 3.8) is 0 Å². The van der Waals surface area contributed by atoms with Gasteiger partial charge in [0.25, 0.3) is 5.91 Å². The molecule has 0 aliphatic carbocycles. The summed E-state index contributed by atoms with van der Waals surface area (Å²) in [5.41, 5.74) is 6.68. The van der Waals surface area contributed by atoms with E-state index < -0.39 is 5.91 Å². The van der Waals surface area contributed by atoms with Crippen LogP contribution in [0.25, 0.3) is 10.9 Å². The van der Waals surface area contributed by atoms with Gasteiger partial charge in [-0.05, 0) is 12.1 Å². The molecule has 1 aliphatic rings. The number of anilines is 1. The Hall–Kier alpha value is -2.18. The zero-order chi connectivity index (χ0) is 14.7. The van der Waals surface area contributed by atoms with Crippen LogP contribution in [0.3, 0.4) is 0 Å². The number of rotatable bonds is 4. The first kappa shape index (κ1) is 13.8. The van der Waals surface area contributed by atoms with Crippen LogP contribution >= 0.6 is 0 Å². The lowest BCUT2D eigenvalue weighted by Crippen LogP contribution is -2.42. The predicted molar refractivity (Wildman–Crippen MR) is 81.4 cm³/mol. The lowest BCUT2D eigenvalue weighted by molar-refractivity contribution is 0.0371. The fourth-order valence-corrected chi connectivity index (χ4v) is 2.40. The van der Waals surface area contributed by atoms with Crippen LogP contribution in [0.5, 0.6) is 0 Å². The van der Waals surface area contributed by atoms with Crippen LogP contribution in [-0.2, 0) is 4.74 Å². The number of morpholine rings is 1. The van der Waals surface area contributed by atoms with E-state index in [-0.39, 0.29) is 6.10 Å². The minimum Gasteiger partial charge on any atom is -0.374 e. The predicted octanol–water partition coefficient (Wildman–Crippen LogP) is 0.734. The number of pyridine rings is 1. The van der Waals surface area contributed by atoms with Crippen LogP contribution in [0.1, 0.15) is 10.4 Å². The highest BCUT2D eigenvalue weighted by atomic mass is 16.5. The van der Waals surface area contributed by atoms with Crippen molar-refractivity contribution >= 4 is 22.6 Å². The Labute approximate surface area is 122 Å². The number of nitrogens with one attached hydrogen (secondary N) is 2. The quantitative estimate of drug-likeness (QED) is 0.771. The molecular formula is C15H18N4O2. The molecule has 0 saturated carbocycles. The molecule has 1 amide bonds. The topological polar surface area (TPSA) is 89.3 Å². The van der Waals surface area contributed by atoms with Gasteiger partial charge in [0.05, 0.1) is 23.8 Å². The van der Waals surface area contributed by atoms with Crippen LogP contribution in [0.15, 0.2) is 30.3 Å². The molecule has 0 bridgehead atoms. The number of para-hydroxylation sites is 1. The SMILES string of the molecule is NC(=O)c1cc2ccccc2nc1NCC1CNCCO1. The Balaban J connectivity index is 1.84. The molecule has 4 N–H and O–H groups in total. The normalized spacial score (nSPS) is 18.6. The van der Waals surface area contributed by atoms with E-state index in [4.69, 9.17) is 10.5 Å². The van der Waals surface area contributed by atoms with E-state index in [1.165, 1.54) is 0 Å². The Kier molecular flexibility index (Phi) is 3.98. The Morgan fingerprint density at radius 2 is 2.33 bits per heavy atom. The Morgan fingerprint density at radius 3 is 3.10 bits per heavy atom. The number of hydrogen-bond acceptors (Lipinski definition) is 5. The number of primary amides is 1. The van der Waals surface area contributed by atoms with Gasteiger partial charge in [-0.25, -0.2) is 4.98 Å². The molecule has 2 aromatic rings. The van der Waals surface area contributed by atoms with Crippen molar-refractivity contribution in [2.45, 2.75) is 6.10 Å². The molecule has 6 nitrogen and oxygen atoms in total. The number of aromatic nitrogens is 1. The van der Waals surface area contributed by atoms with Gasteiger partial charge in [0.1, 0.15) is 5.82 Å². The van der Waals surface area contributed by atoms with Gasteiger partial charge >= 0.3 is 0 Å². The van der Waals surface area contributed by atoms with Crippen LogP contribution in [0.2, 0.25) is 0 Å². The number of nitrogens with two attached hydrogens (primary N) is 1. The highest BCUT2D eigenvalue weighted by Crippen LogP contribution is 2.20. The smallest absolute Gasteiger partial charge is 0.252 e. The third kappa shape index (κ3) is 3.12. The number of amides is 1. The zero-order valence-corrected chi connectivity index (χ0v) is 11.6. The van der Waals surface area contributed by atoms with Crippen LogP contribution in [-0.4, -0.2) is 43.2 Å². The number of fused-ring (bicyclic) bond motifs is 1. The van der Waals surface area contributed by atoms with E-state index >= 15 is 0 Å². The average Bonchev–Trinajstić information content (AvgIpc) is 2.53. The number of carbonyl (C=O) groups excluding carboxylic acids is 1. The fraction of sp³-hybridized carbons (Fsp3) is 0.333. The lowest BCUT2D eigenvalue weighted by atomic mass is 10.1. The molecule has 110 valence electrons. The fourth-order valence-electron chi connectivity index (χ4n) is 2.40. The van der Waals surface area contributed by atoms with Crippen molar-refractivity contribution in [3.05, 3.63) is 35.9 Å². The number of hydrogen-bond donors (Lipinski definition) is 3. The van der Waals surface area contributed by atoms with E-state index in [1.807, 2.05) is 24.3 Å². The number of ether oxygens (including phenoxy) is 1. The summed E-state index contributed by atoms with van der Waals surface area (Å²) in [4.78, 5) is 16.1. The van der Waals surface area contributed by atoms with Gasteiger partial charge in [-0.1, -0.05) is 18.2 Å². The van der Waals surface area contributed by atoms with E-state index in [2.05, 4.69) is 15.6 Å². The first-order chi connectivity index (χ1) is 10.2. The van der Waals surface area contributed by atoms with Gasteiger partial charge < -0.3 is 21.1 Å². The van der Waals surface area contributed by atoms with Crippen molar-refractivity contribution in [3.8, 4) is 0 Å². The summed E-state index contributed by atoms with van der Waals surface area (Å²) in [6.07, 6.45) is 0.0627. The van der Waals surface area contributed by atoms with Gasteiger partial charge in [0.15, 0.2) is 0 Å². The van der Waals surface area contributed by atoms with Gasteiger partial charge in [-0.3, -0.25) is 4.79 Å². The molecule has 1 aliphatic heterocycles. The molecule has 21 heavy (non-hydrogen) atoms. The lowest BCUT2D eigenvalue weighted by Gasteiger charge is -2.24. The maximum Gasteiger partial charge on any atom is 0.252 e. The van der Waals surface area contributed by atoms with Crippen molar-refractivity contribution in [2.75, 3.05) is 31.6 Å². The van der Waals surface area contributed by atoms with E-state index in [0.717, 1.165) is 24.0 Å². The van der Waals surface area contributed by atoms with Gasteiger partial charge in [-0.2, -0.15) is 0 Å². The minimum absolute atomic E-state index is 0.0627. The third-order valence-corrected chi connectivity index (χ3v) is 3.49. The molecular weight excluding hydrogens is 268 g/mol. The molecule has 6 heteroatoms. The molecule has 0 radical (unpaired) electrons. The summed E-state index contributed by atoms with van der Waals surface area (Å²) >= 11 is 0. The summed E-state index contributed by atoms with van der Waals surface area (Å²) in [6.45, 7) is 2.93. The van der Waals surface area contributed by atoms with Crippen LogP contribution in [0, 0.1) is 0 Å². The summed E-state index contributed by atoms with van der Waals surface area (Å²) in [6, 6.07) is 9.41. The second kappa shape index (κ2) is 6.07. The molecule has 1 atom stereocenters. The van der Waals surface area contributed by atoms with Crippen molar-refractivity contribution in [1.29, 1.82) is 0 Å². The van der Waals surface area contributed by atoms with Crippen LogP contribution in [0.4, 0.5) is 5.82 Å². The zero-order valence-electron chi connectivity index (χ0n) is 11.6. The molecule has 1 unspecified atom stereocenters. The maximum absolute atomic E-state index is 11.6. The molecule has 3 rings (SSSR count). The number of carbonyl (C=O) groups is 1. The van der Waals surface area contributed by atoms with Crippen LogP contribution < -0.4 is 16.4 Å². The largest absolute Gasteiger partial charge is 0.374 e. The second-order valence-electron chi connectivity index (χ2n) is 5.02. The van der Waals surface area contributed by atoms with E-state index in [1.54, 1.807) is 6.07 Å². The monoisotopic (exact) mass is 286 g/mol. The number of benzene rings is 1. The minimum atomic E-state index is -0.488. The van der Waals surface area contributed by atoms with Gasteiger partial charge in [-0.15, -0.1) is 0 Å². The molecule has 2 heterocycles. The Bertz CT molecular complexity index is 653. The summed E-state index contributed by atoms with van der Waals surface area (Å²) in [5.74, 6) is 0.0221. The first-order valence-corrected chi connectivity index (χ1v) is 7.00. The van der Waals surface area contributed by atoms with Gasteiger partial charge in [0, 0.05) is 25.0 Å². The average molecular weight is 286 g/mol. The van der Waals surface area contributed by atoms with Crippen molar-refractivity contribution in [2.24, 2.45) is 5.73 Å². The highest BCUT2D eigenvalue weighted by molar-refractivity contribution is 6.01. The summed E-state index contributed by atoms with van der Waals surface area (Å²) in [7, 11) is 0. The second-order valence-corrected chi connectivity index (χ2v) is 5.02. The molecule has 1 saturated heterocycles. The molecule has 1 aromatic heterocycles. The van der Waals surface area contributed by atoms with E-state index in [9.17, 15) is 4.79 Å². The molecule has 0 spiro atoms. The Morgan fingerprint density at radius 1 is 1.48 bits per heavy atom. The standard InChI is InChI=1S/C15H18N4O2/c16-14(20)12-7-10-3-1-2-4-13(10)19-15(12)18-9-11-8-17-5-6-21-11/h1-4,7,11,17H,5-6,8-9H2,(H2,16,20)(H,18,19). The summed E-state index contributed by atoms with van der Waals surface area (Å²) in [5, 5.41) is 7.34. The maximum atomic E-state index is 11.6. The van der Waals surface area contributed by atoms with E-state index in [0.29, 0.717) is 24.5 Å².